The fourth-order valence-electron chi connectivity index (χ4n) is 6.27. The van der Waals surface area contributed by atoms with Gasteiger partial charge in [0.15, 0.2) is 0 Å². The van der Waals surface area contributed by atoms with E-state index in [1.165, 1.54) is 39.2 Å². The number of rotatable bonds is 4. The maximum atomic E-state index is 11.7. The number of fused-ring (bicyclic) bond motifs is 3. The Labute approximate surface area is 154 Å². The summed E-state index contributed by atoms with van der Waals surface area (Å²) >= 11 is 0. The standard InChI is InChI=1S/C20H33NO2.C2H6/c1-19-10-4-5-16(19)15-7-6-14(13-21)20(2,17(15)8-11-19)12-9-18(22)23-3;1-2/h4,10,14-17H,5-9,11-13,21H2,1-3H3;1-2H3/t14?,15?,16-,17?,19?,20?;/m0./s1. The zero-order chi connectivity index (χ0) is 18.7. The first kappa shape index (κ1) is 20.5. The minimum absolute atomic E-state index is 0.0766. The normalized spacial score (nSPS) is 42.0. The summed E-state index contributed by atoms with van der Waals surface area (Å²) < 4.78 is 4.90. The largest absolute Gasteiger partial charge is 0.469 e. The molecule has 0 bridgehead atoms. The smallest absolute Gasteiger partial charge is 0.305 e. The Bertz CT molecular complexity index is 488. The molecule has 2 saturated carbocycles. The highest BCUT2D eigenvalue weighted by molar-refractivity contribution is 5.69. The Balaban J connectivity index is 0.00000109. The molecule has 0 aliphatic heterocycles. The number of allylic oxidation sites excluding steroid dienone is 2. The van der Waals surface area contributed by atoms with Crippen molar-refractivity contribution < 1.29 is 9.53 Å². The van der Waals surface area contributed by atoms with E-state index in [9.17, 15) is 4.79 Å². The first-order chi connectivity index (χ1) is 11.9. The molecule has 2 N–H and O–H groups in total. The van der Waals surface area contributed by atoms with Gasteiger partial charge in [-0.1, -0.05) is 39.8 Å². The molecule has 3 aliphatic carbocycles. The quantitative estimate of drug-likeness (QED) is 0.577. The Hall–Kier alpha value is -0.830. The molecule has 144 valence electrons. The minimum Gasteiger partial charge on any atom is -0.469 e. The molecule has 0 heterocycles. The third-order valence-corrected chi connectivity index (χ3v) is 7.77. The van der Waals surface area contributed by atoms with Crippen LogP contribution in [0.15, 0.2) is 12.2 Å². The van der Waals surface area contributed by atoms with Gasteiger partial charge in [0, 0.05) is 6.42 Å². The Morgan fingerprint density at radius 3 is 2.56 bits per heavy atom. The van der Waals surface area contributed by atoms with Crippen molar-refractivity contribution in [3.63, 3.8) is 0 Å². The highest BCUT2D eigenvalue weighted by Gasteiger charge is 2.55. The van der Waals surface area contributed by atoms with Crippen LogP contribution in [0.1, 0.15) is 72.6 Å². The second kappa shape index (κ2) is 8.24. The van der Waals surface area contributed by atoms with Crippen molar-refractivity contribution in [2.75, 3.05) is 13.7 Å². The second-order valence-electron chi connectivity index (χ2n) is 8.65. The van der Waals surface area contributed by atoms with E-state index in [1.54, 1.807) is 0 Å². The van der Waals surface area contributed by atoms with Gasteiger partial charge in [-0.15, -0.1) is 0 Å². The van der Waals surface area contributed by atoms with Gasteiger partial charge in [0.1, 0.15) is 0 Å². The molecule has 3 aliphatic rings. The number of carbonyl (C=O) groups excluding carboxylic acids is 1. The molecule has 3 rings (SSSR count). The van der Waals surface area contributed by atoms with Crippen molar-refractivity contribution in [1.29, 1.82) is 0 Å². The zero-order valence-electron chi connectivity index (χ0n) is 17.0. The third kappa shape index (κ3) is 3.67. The fourth-order valence-corrected chi connectivity index (χ4v) is 6.27. The zero-order valence-corrected chi connectivity index (χ0v) is 17.0. The molecule has 25 heavy (non-hydrogen) atoms. The summed E-state index contributed by atoms with van der Waals surface area (Å²) in [6, 6.07) is 0. The second-order valence-corrected chi connectivity index (χ2v) is 8.65. The van der Waals surface area contributed by atoms with Crippen LogP contribution in [0.25, 0.3) is 0 Å². The molecule has 3 heteroatoms. The number of ether oxygens (including phenoxy) is 1. The monoisotopic (exact) mass is 349 g/mol. The van der Waals surface area contributed by atoms with Crippen molar-refractivity contribution in [3.8, 4) is 0 Å². The Morgan fingerprint density at radius 2 is 1.92 bits per heavy atom. The van der Waals surface area contributed by atoms with E-state index in [4.69, 9.17) is 10.5 Å². The molecule has 0 saturated heterocycles. The molecule has 0 radical (unpaired) electrons. The molecule has 2 fully saturated rings. The van der Waals surface area contributed by atoms with Crippen molar-refractivity contribution in [2.45, 2.75) is 72.6 Å². The molecular formula is C22H39NO2. The van der Waals surface area contributed by atoms with Gasteiger partial charge < -0.3 is 10.5 Å². The first-order valence-corrected chi connectivity index (χ1v) is 10.4. The van der Waals surface area contributed by atoms with Crippen LogP contribution in [0.3, 0.4) is 0 Å². The third-order valence-electron chi connectivity index (χ3n) is 7.77. The molecule has 0 aromatic heterocycles. The van der Waals surface area contributed by atoms with Crippen molar-refractivity contribution in [1.82, 2.24) is 0 Å². The maximum Gasteiger partial charge on any atom is 0.305 e. The van der Waals surface area contributed by atoms with Crippen LogP contribution in [0.4, 0.5) is 0 Å². The minimum atomic E-state index is -0.0766. The van der Waals surface area contributed by atoms with Gasteiger partial charge in [0.05, 0.1) is 7.11 Å². The number of esters is 1. The lowest BCUT2D eigenvalue weighted by Crippen LogP contribution is -2.52. The molecule has 0 aromatic rings. The van der Waals surface area contributed by atoms with Crippen LogP contribution in [-0.2, 0) is 9.53 Å². The Kier molecular flexibility index (Phi) is 6.75. The molecule has 5 unspecified atom stereocenters. The number of hydrogen-bond acceptors (Lipinski definition) is 3. The summed E-state index contributed by atoms with van der Waals surface area (Å²) in [4.78, 5) is 11.7. The van der Waals surface area contributed by atoms with Gasteiger partial charge in [-0.05, 0) is 79.6 Å². The van der Waals surface area contributed by atoms with Crippen LogP contribution >= 0.6 is 0 Å². The average molecular weight is 350 g/mol. The number of nitrogens with two attached hydrogens (primary N) is 1. The summed E-state index contributed by atoms with van der Waals surface area (Å²) in [7, 11) is 1.49. The molecule has 0 amide bonds. The molecule has 6 atom stereocenters. The van der Waals surface area contributed by atoms with Gasteiger partial charge in [0.2, 0.25) is 0 Å². The summed E-state index contributed by atoms with van der Waals surface area (Å²) in [6.07, 6.45) is 12.7. The van der Waals surface area contributed by atoms with E-state index in [-0.39, 0.29) is 11.4 Å². The highest BCUT2D eigenvalue weighted by atomic mass is 16.5. The van der Waals surface area contributed by atoms with E-state index in [0.29, 0.717) is 23.7 Å². The van der Waals surface area contributed by atoms with Gasteiger partial charge in [0.25, 0.3) is 0 Å². The Morgan fingerprint density at radius 1 is 1.20 bits per heavy atom. The SMILES string of the molecule is CC.COC(=O)CCC1(C)C(CN)CCC2C1CCC1(C)C=CC[C@@H]21. The summed E-state index contributed by atoms with van der Waals surface area (Å²) in [6.45, 7) is 9.62. The van der Waals surface area contributed by atoms with E-state index >= 15 is 0 Å². The lowest BCUT2D eigenvalue weighted by atomic mass is 9.47. The predicted molar refractivity (Wildman–Crippen MR) is 104 cm³/mol. The van der Waals surface area contributed by atoms with Crippen LogP contribution in [0.2, 0.25) is 0 Å². The van der Waals surface area contributed by atoms with Crippen molar-refractivity contribution in [2.24, 2.45) is 40.2 Å². The highest BCUT2D eigenvalue weighted by Crippen LogP contribution is 2.63. The predicted octanol–water partition coefficient (Wildman–Crippen LogP) is 4.95. The van der Waals surface area contributed by atoms with Gasteiger partial charge >= 0.3 is 5.97 Å². The number of carbonyl (C=O) groups is 1. The molecule has 0 spiro atoms. The van der Waals surface area contributed by atoms with Crippen molar-refractivity contribution >= 4 is 5.97 Å². The number of methoxy groups -OCH3 is 1. The van der Waals surface area contributed by atoms with E-state index in [2.05, 4.69) is 26.0 Å². The maximum absolute atomic E-state index is 11.7. The fraction of sp³-hybridized carbons (Fsp3) is 0.864. The summed E-state index contributed by atoms with van der Waals surface area (Å²) in [5, 5.41) is 0. The van der Waals surface area contributed by atoms with Gasteiger partial charge in [-0.2, -0.15) is 0 Å². The topological polar surface area (TPSA) is 52.3 Å². The summed E-state index contributed by atoms with van der Waals surface area (Å²) in [5.74, 6) is 2.79. The van der Waals surface area contributed by atoms with Crippen LogP contribution < -0.4 is 5.73 Å². The van der Waals surface area contributed by atoms with E-state index in [0.717, 1.165) is 24.8 Å². The van der Waals surface area contributed by atoms with Gasteiger partial charge in [-0.25, -0.2) is 0 Å². The summed E-state index contributed by atoms with van der Waals surface area (Å²) in [5.41, 5.74) is 6.75. The number of hydrogen-bond donors (Lipinski definition) is 1. The van der Waals surface area contributed by atoms with Crippen LogP contribution in [-0.4, -0.2) is 19.6 Å². The molecular weight excluding hydrogens is 310 g/mol. The molecule has 3 nitrogen and oxygen atoms in total. The van der Waals surface area contributed by atoms with E-state index in [1.807, 2.05) is 13.8 Å². The van der Waals surface area contributed by atoms with Gasteiger partial charge in [-0.3, -0.25) is 4.79 Å². The average Bonchev–Trinajstić information content (AvgIpc) is 3.03. The first-order valence-electron chi connectivity index (χ1n) is 10.4. The lowest BCUT2D eigenvalue weighted by Gasteiger charge is -2.58. The van der Waals surface area contributed by atoms with E-state index < -0.39 is 0 Å². The molecule has 0 aromatic carbocycles. The van der Waals surface area contributed by atoms with Crippen molar-refractivity contribution in [3.05, 3.63) is 12.2 Å². The van der Waals surface area contributed by atoms with Crippen LogP contribution in [0.5, 0.6) is 0 Å². The van der Waals surface area contributed by atoms with Crippen LogP contribution in [0, 0.1) is 34.5 Å². The lowest BCUT2D eigenvalue weighted by molar-refractivity contribution is -0.143.